The number of likely N-dealkylation sites (tertiary alicyclic amines) is 1. The molecule has 1 saturated heterocycles. The van der Waals surface area contributed by atoms with Crippen molar-refractivity contribution in [3.05, 3.63) is 35.4 Å². The normalized spacial score (nSPS) is 21.7. The number of hydrogen-bond acceptors (Lipinski definition) is 3. The topological polar surface area (TPSA) is 49.5 Å². The summed E-state index contributed by atoms with van der Waals surface area (Å²) in [5, 5.41) is 8.96. The molecular formula is C16H26N2O. The summed E-state index contributed by atoms with van der Waals surface area (Å²) < 4.78 is 0. The molecule has 1 fully saturated rings. The zero-order chi connectivity index (χ0) is 13.7. The molecule has 0 aromatic heterocycles. The molecule has 19 heavy (non-hydrogen) atoms. The largest absolute Gasteiger partial charge is 0.396 e. The van der Waals surface area contributed by atoms with Gasteiger partial charge in [0.1, 0.15) is 0 Å². The highest BCUT2D eigenvalue weighted by atomic mass is 16.3. The van der Waals surface area contributed by atoms with Gasteiger partial charge in [0.2, 0.25) is 0 Å². The monoisotopic (exact) mass is 262 g/mol. The molecule has 1 aliphatic rings. The Balaban J connectivity index is 1.75. The van der Waals surface area contributed by atoms with Crippen LogP contribution < -0.4 is 5.73 Å². The molecule has 3 heteroatoms. The molecule has 0 bridgehead atoms. The van der Waals surface area contributed by atoms with E-state index in [0.717, 1.165) is 32.5 Å². The Labute approximate surface area is 116 Å². The first-order valence-corrected chi connectivity index (χ1v) is 7.34. The van der Waals surface area contributed by atoms with Gasteiger partial charge in [-0.2, -0.15) is 0 Å². The van der Waals surface area contributed by atoms with E-state index in [4.69, 9.17) is 10.8 Å². The minimum atomic E-state index is 0.137. The van der Waals surface area contributed by atoms with Crippen molar-refractivity contribution in [2.24, 2.45) is 11.7 Å². The second-order valence-electron chi connectivity index (χ2n) is 5.77. The molecule has 0 aliphatic carbocycles. The lowest BCUT2D eigenvalue weighted by Gasteiger charge is -2.19. The van der Waals surface area contributed by atoms with Gasteiger partial charge in [-0.1, -0.05) is 29.8 Å². The number of nitrogens with two attached hydrogens (primary N) is 1. The third-order valence-corrected chi connectivity index (χ3v) is 4.17. The highest BCUT2D eigenvalue weighted by Gasteiger charge is 2.22. The highest BCUT2D eigenvalue weighted by molar-refractivity contribution is 5.23. The quantitative estimate of drug-likeness (QED) is 0.825. The third kappa shape index (κ3) is 4.30. The molecule has 0 radical (unpaired) electrons. The zero-order valence-electron chi connectivity index (χ0n) is 11.9. The summed E-state index contributed by atoms with van der Waals surface area (Å²) in [4.78, 5) is 2.48. The zero-order valence-corrected chi connectivity index (χ0v) is 11.9. The first kappa shape index (κ1) is 14.5. The fraction of sp³-hybridized carbons (Fsp3) is 0.625. The molecule has 2 rings (SSSR count). The molecule has 0 saturated carbocycles. The van der Waals surface area contributed by atoms with Gasteiger partial charge in [-0.3, -0.25) is 0 Å². The van der Waals surface area contributed by atoms with Gasteiger partial charge < -0.3 is 15.7 Å². The van der Waals surface area contributed by atoms with Crippen molar-refractivity contribution in [2.75, 3.05) is 26.2 Å². The van der Waals surface area contributed by atoms with Crippen LogP contribution in [0.2, 0.25) is 0 Å². The SMILES string of the molecule is Cc1ccc(C(N)CCN2CCC(CCO)C2)cc1. The standard InChI is InChI=1S/C16H26N2O/c1-13-2-4-15(5-3-13)16(17)7-10-18-9-6-14(12-18)8-11-19/h2-5,14,16,19H,6-12,17H2,1H3. The Hall–Kier alpha value is -0.900. The minimum absolute atomic E-state index is 0.137. The fourth-order valence-corrected chi connectivity index (χ4v) is 2.84. The average Bonchev–Trinajstić information content (AvgIpc) is 2.85. The first-order chi connectivity index (χ1) is 9.19. The number of aryl methyl sites for hydroxylation is 1. The minimum Gasteiger partial charge on any atom is -0.396 e. The Morgan fingerprint density at radius 2 is 2.11 bits per heavy atom. The van der Waals surface area contributed by atoms with Crippen molar-refractivity contribution < 1.29 is 5.11 Å². The van der Waals surface area contributed by atoms with Crippen molar-refractivity contribution in [3.8, 4) is 0 Å². The van der Waals surface area contributed by atoms with Gasteiger partial charge in [-0.25, -0.2) is 0 Å². The van der Waals surface area contributed by atoms with Crippen molar-refractivity contribution >= 4 is 0 Å². The Morgan fingerprint density at radius 3 is 2.79 bits per heavy atom. The summed E-state index contributed by atoms with van der Waals surface area (Å²) in [6, 6.07) is 8.67. The number of aliphatic hydroxyl groups is 1. The molecule has 1 aromatic carbocycles. The number of nitrogens with zero attached hydrogens (tertiary/aromatic N) is 1. The lowest BCUT2D eigenvalue weighted by Crippen LogP contribution is -2.25. The van der Waals surface area contributed by atoms with Gasteiger partial charge in [0, 0.05) is 19.2 Å². The summed E-state index contributed by atoms with van der Waals surface area (Å²) in [7, 11) is 0. The van der Waals surface area contributed by atoms with E-state index in [1.54, 1.807) is 0 Å². The van der Waals surface area contributed by atoms with Gasteiger partial charge in [0.15, 0.2) is 0 Å². The summed E-state index contributed by atoms with van der Waals surface area (Å²) in [6.45, 7) is 5.77. The summed E-state index contributed by atoms with van der Waals surface area (Å²) >= 11 is 0. The van der Waals surface area contributed by atoms with Crippen LogP contribution in [0.3, 0.4) is 0 Å². The summed E-state index contributed by atoms with van der Waals surface area (Å²) in [5.41, 5.74) is 8.76. The number of rotatable bonds is 6. The smallest absolute Gasteiger partial charge is 0.0434 e. The van der Waals surface area contributed by atoms with E-state index in [2.05, 4.69) is 36.1 Å². The van der Waals surface area contributed by atoms with E-state index in [1.807, 2.05) is 0 Å². The highest BCUT2D eigenvalue weighted by Crippen LogP contribution is 2.21. The van der Waals surface area contributed by atoms with Crippen molar-refractivity contribution in [3.63, 3.8) is 0 Å². The second-order valence-corrected chi connectivity index (χ2v) is 5.77. The molecule has 3 N–H and O–H groups in total. The molecule has 0 spiro atoms. The van der Waals surface area contributed by atoms with Crippen molar-refractivity contribution in [1.82, 2.24) is 4.90 Å². The molecule has 0 amide bonds. The first-order valence-electron chi connectivity index (χ1n) is 7.34. The van der Waals surface area contributed by atoms with E-state index in [-0.39, 0.29) is 6.04 Å². The maximum atomic E-state index is 8.96. The van der Waals surface area contributed by atoms with E-state index in [1.165, 1.54) is 17.5 Å². The van der Waals surface area contributed by atoms with Crippen LogP contribution >= 0.6 is 0 Å². The maximum absolute atomic E-state index is 8.96. The van der Waals surface area contributed by atoms with E-state index >= 15 is 0 Å². The lowest BCUT2D eigenvalue weighted by molar-refractivity contribution is 0.249. The van der Waals surface area contributed by atoms with Gasteiger partial charge in [0.25, 0.3) is 0 Å². The van der Waals surface area contributed by atoms with Gasteiger partial charge in [-0.05, 0) is 50.8 Å². The van der Waals surface area contributed by atoms with Crippen LogP contribution in [0.25, 0.3) is 0 Å². The molecule has 1 aromatic rings. The Morgan fingerprint density at radius 1 is 1.37 bits per heavy atom. The second kappa shape index (κ2) is 7.04. The molecule has 3 nitrogen and oxygen atoms in total. The predicted octanol–water partition coefficient (Wildman–Crippen LogP) is 2.09. The van der Waals surface area contributed by atoms with E-state index in [0.29, 0.717) is 12.5 Å². The van der Waals surface area contributed by atoms with Crippen LogP contribution in [0.5, 0.6) is 0 Å². The van der Waals surface area contributed by atoms with Crippen LogP contribution in [0.15, 0.2) is 24.3 Å². The van der Waals surface area contributed by atoms with Crippen LogP contribution in [0, 0.1) is 12.8 Å². The summed E-state index contributed by atoms with van der Waals surface area (Å²) in [6.07, 6.45) is 3.18. The molecular weight excluding hydrogens is 236 g/mol. The fourth-order valence-electron chi connectivity index (χ4n) is 2.84. The predicted molar refractivity (Wildman–Crippen MR) is 79.0 cm³/mol. The average molecular weight is 262 g/mol. The van der Waals surface area contributed by atoms with Gasteiger partial charge in [-0.15, -0.1) is 0 Å². The van der Waals surface area contributed by atoms with Crippen molar-refractivity contribution in [1.29, 1.82) is 0 Å². The maximum Gasteiger partial charge on any atom is 0.0434 e. The number of hydrogen-bond donors (Lipinski definition) is 2. The molecule has 1 aliphatic heterocycles. The van der Waals surface area contributed by atoms with Crippen LogP contribution in [0.4, 0.5) is 0 Å². The van der Waals surface area contributed by atoms with E-state index < -0.39 is 0 Å². The van der Waals surface area contributed by atoms with Crippen LogP contribution in [-0.4, -0.2) is 36.2 Å². The number of aliphatic hydroxyl groups excluding tert-OH is 1. The van der Waals surface area contributed by atoms with Gasteiger partial charge in [0.05, 0.1) is 0 Å². The van der Waals surface area contributed by atoms with Crippen molar-refractivity contribution in [2.45, 2.75) is 32.2 Å². The molecule has 2 unspecified atom stereocenters. The number of benzene rings is 1. The lowest BCUT2D eigenvalue weighted by atomic mass is 10.0. The Bertz CT molecular complexity index is 377. The third-order valence-electron chi connectivity index (χ3n) is 4.17. The van der Waals surface area contributed by atoms with Crippen LogP contribution in [-0.2, 0) is 0 Å². The molecule has 2 atom stereocenters. The molecule has 106 valence electrons. The summed E-state index contributed by atoms with van der Waals surface area (Å²) in [5.74, 6) is 0.681. The molecule has 1 heterocycles. The Kier molecular flexibility index (Phi) is 5.37. The van der Waals surface area contributed by atoms with Crippen LogP contribution in [0.1, 0.15) is 36.4 Å². The van der Waals surface area contributed by atoms with Gasteiger partial charge >= 0.3 is 0 Å². The van der Waals surface area contributed by atoms with E-state index in [9.17, 15) is 0 Å².